The molecule has 0 atom stereocenters. The van der Waals surface area contributed by atoms with Gasteiger partial charge in [0, 0.05) is 26.5 Å². The minimum Gasteiger partial charge on any atom is -0.385 e. The molecule has 0 spiro atoms. The van der Waals surface area contributed by atoms with E-state index in [1.165, 1.54) is 4.40 Å². The molecule has 8 heteroatoms. The lowest BCUT2D eigenvalue weighted by atomic mass is 10.1. The highest BCUT2D eigenvalue weighted by Gasteiger charge is 2.38. The molecule has 1 fully saturated rings. The highest BCUT2D eigenvalue weighted by molar-refractivity contribution is 5.98. The first-order chi connectivity index (χ1) is 13.8. The topological polar surface area (TPSA) is 78.1 Å². The normalized spacial score (nSPS) is 16.2. The summed E-state index contributed by atoms with van der Waals surface area (Å²) in [6.45, 7) is 7.66. The predicted molar refractivity (Wildman–Crippen MR) is 109 cm³/mol. The number of hydrogen-bond donors (Lipinski definition) is 0. The Morgan fingerprint density at radius 1 is 1.34 bits per heavy atom. The summed E-state index contributed by atoms with van der Waals surface area (Å²) in [5, 5.41) is 0.437. The highest BCUT2D eigenvalue weighted by atomic mass is 16.5. The van der Waals surface area contributed by atoms with Crippen LogP contribution in [-0.2, 0) is 16.0 Å². The number of nitrogens with zero attached hydrogens (tertiary/aromatic N) is 4. The fraction of sp³-hybridized carbons (Fsp3) is 0.476. The van der Waals surface area contributed by atoms with E-state index in [9.17, 15) is 9.59 Å². The maximum Gasteiger partial charge on any atom is 0.272 e. The Labute approximate surface area is 168 Å². The van der Waals surface area contributed by atoms with Crippen molar-refractivity contribution in [2.24, 2.45) is 0 Å². The second kappa shape index (κ2) is 7.27. The fourth-order valence-corrected chi connectivity index (χ4v) is 3.84. The van der Waals surface area contributed by atoms with Gasteiger partial charge >= 0.3 is 0 Å². The van der Waals surface area contributed by atoms with E-state index in [-0.39, 0.29) is 18.2 Å². The van der Waals surface area contributed by atoms with Gasteiger partial charge in [0.2, 0.25) is 0 Å². The molecule has 1 aliphatic rings. The molecule has 0 bridgehead atoms. The van der Waals surface area contributed by atoms with Crippen LogP contribution in [0.2, 0.25) is 0 Å². The molecule has 0 saturated carbocycles. The van der Waals surface area contributed by atoms with Gasteiger partial charge in [-0.05, 0) is 44.9 Å². The first-order valence-corrected chi connectivity index (χ1v) is 9.75. The smallest absolute Gasteiger partial charge is 0.272 e. The zero-order valence-corrected chi connectivity index (χ0v) is 17.3. The number of hydrogen-bond acceptors (Lipinski definition) is 5. The Hall–Kier alpha value is -2.71. The van der Waals surface area contributed by atoms with Crippen LogP contribution in [-0.4, -0.2) is 57.4 Å². The summed E-state index contributed by atoms with van der Waals surface area (Å²) in [6.07, 6.45) is 2.41. The third kappa shape index (κ3) is 3.22. The van der Waals surface area contributed by atoms with Gasteiger partial charge in [-0.1, -0.05) is 6.07 Å². The van der Waals surface area contributed by atoms with Gasteiger partial charge in [0.15, 0.2) is 0 Å². The second-order valence-corrected chi connectivity index (χ2v) is 8.09. The molecule has 8 nitrogen and oxygen atoms in total. The molecule has 0 aromatic carbocycles. The summed E-state index contributed by atoms with van der Waals surface area (Å²) in [5.74, 6) is -0.159. The molecule has 3 aromatic rings. The van der Waals surface area contributed by atoms with Crippen LogP contribution in [0.1, 0.15) is 36.3 Å². The van der Waals surface area contributed by atoms with Crippen LogP contribution in [0.5, 0.6) is 0 Å². The van der Waals surface area contributed by atoms with Gasteiger partial charge in [0.1, 0.15) is 23.7 Å². The zero-order chi connectivity index (χ0) is 20.8. The van der Waals surface area contributed by atoms with Gasteiger partial charge in [0.05, 0.1) is 17.5 Å². The molecule has 0 aliphatic carbocycles. The van der Waals surface area contributed by atoms with Crippen molar-refractivity contribution in [2.45, 2.75) is 39.3 Å². The number of carbonyl (C=O) groups excluding carboxylic acids is 1. The van der Waals surface area contributed by atoms with E-state index in [2.05, 4.69) is 0 Å². The lowest BCUT2D eigenvalue weighted by Crippen LogP contribution is -2.44. The van der Waals surface area contributed by atoms with Crippen molar-refractivity contribution in [3.63, 3.8) is 0 Å². The number of fused-ring (bicyclic) bond motifs is 2. The average molecular weight is 398 g/mol. The molecule has 1 saturated heterocycles. The maximum atomic E-state index is 13.4. The maximum absolute atomic E-state index is 13.4. The standard InChI is InChI=1S/C21H26N4O4/c1-14-7-5-8-24-17(14)22-18-15(19(24)26)11-16(23(18)9-6-10-28-4)20(27)25-13-29-12-21(25,2)3/h5,7-8,11H,6,9-10,12-13H2,1-4H3. The minimum atomic E-state index is -0.408. The van der Waals surface area contributed by atoms with Gasteiger partial charge in [0.25, 0.3) is 11.5 Å². The van der Waals surface area contributed by atoms with E-state index in [4.69, 9.17) is 14.5 Å². The van der Waals surface area contributed by atoms with E-state index < -0.39 is 5.54 Å². The number of aromatic nitrogens is 3. The number of amides is 1. The quantitative estimate of drug-likeness (QED) is 0.616. The second-order valence-electron chi connectivity index (χ2n) is 8.09. The minimum absolute atomic E-state index is 0.159. The summed E-state index contributed by atoms with van der Waals surface area (Å²) in [6, 6.07) is 5.41. The highest BCUT2D eigenvalue weighted by Crippen LogP contribution is 2.26. The van der Waals surface area contributed by atoms with Crippen molar-refractivity contribution in [3.8, 4) is 0 Å². The van der Waals surface area contributed by atoms with E-state index in [0.29, 0.717) is 48.6 Å². The summed E-state index contributed by atoms with van der Waals surface area (Å²) in [7, 11) is 1.64. The van der Waals surface area contributed by atoms with Crippen LogP contribution in [0.25, 0.3) is 16.7 Å². The van der Waals surface area contributed by atoms with Crippen LogP contribution in [0, 0.1) is 6.92 Å². The summed E-state index contributed by atoms with van der Waals surface area (Å²) in [5.41, 5.74) is 1.90. The van der Waals surface area contributed by atoms with Gasteiger partial charge in [-0.3, -0.25) is 14.0 Å². The molecule has 29 heavy (non-hydrogen) atoms. The van der Waals surface area contributed by atoms with Crippen molar-refractivity contribution in [2.75, 3.05) is 27.1 Å². The molecule has 154 valence electrons. The van der Waals surface area contributed by atoms with Gasteiger partial charge < -0.3 is 18.9 Å². The van der Waals surface area contributed by atoms with Crippen LogP contribution >= 0.6 is 0 Å². The molecule has 1 amide bonds. The number of pyridine rings is 1. The van der Waals surface area contributed by atoms with Gasteiger partial charge in [-0.25, -0.2) is 4.98 Å². The summed E-state index contributed by atoms with van der Waals surface area (Å²) in [4.78, 5) is 33.0. The van der Waals surface area contributed by atoms with E-state index in [1.807, 2.05) is 37.5 Å². The molecule has 0 unspecified atom stereocenters. The van der Waals surface area contributed by atoms with Crippen LogP contribution in [0.15, 0.2) is 29.2 Å². The number of ether oxygens (including phenoxy) is 2. The van der Waals surface area contributed by atoms with Crippen LogP contribution < -0.4 is 5.56 Å². The molecule has 3 aromatic heterocycles. The zero-order valence-electron chi connectivity index (χ0n) is 17.3. The molecule has 4 rings (SSSR count). The molecule has 0 N–H and O–H groups in total. The van der Waals surface area contributed by atoms with Gasteiger partial charge in [-0.2, -0.15) is 0 Å². The predicted octanol–water partition coefficient (Wildman–Crippen LogP) is 2.20. The molecule has 0 radical (unpaired) electrons. The molecule has 1 aliphatic heterocycles. The number of carbonyl (C=O) groups is 1. The SMILES string of the molecule is COCCCn1c(C(=O)N2COCC2(C)C)cc2c(=O)n3cccc(C)c3nc21. The Morgan fingerprint density at radius 3 is 2.83 bits per heavy atom. The monoisotopic (exact) mass is 398 g/mol. The lowest BCUT2D eigenvalue weighted by molar-refractivity contribution is 0.0594. The fourth-order valence-electron chi connectivity index (χ4n) is 3.84. The lowest BCUT2D eigenvalue weighted by Gasteiger charge is -2.29. The van der Waals surface area contributed by atoms with Crippen LogP contribution in [0.4, 0.5) is 0 Å². The van der Waals surface area contributed by atoms with Gasteiger partial charge in [-0.15, -0.1) is 0 Å². The first kappa shape index (κ1) is 19.6. The summed E-state index contributed by atoms with van der Waals surface area (Å²) < 4.78 is 14.1. The van der Waals surface area contributed by atoms with E-state index in [0.717, 1.165) is 5.56 Å². The Kier molecular flexibility index (Phi) is 4.92. The largest absolute Gasteiger partial charge is 0.385 e. The summed E-state index contributed by atoms with van der Waals surface area (Å²) >= 11 is 0. The third-order valence-electron chi connectivity index (χ3n) is 5.49. The molecular formula is C21H26N4O4. The van der Waals surface area contributed by atoms with E-state index >= 15 is 0 Å². The Morgan fingerprint density at radius 2 is 2.14 bits per heavy atom. The third-order valence-corrected chi connectivity index (χ3v) is 5.49. The van der Waals surface area contributed by atoms with Crippen molar-refractivity contribution in [1.82, 2.24) is 18.9 Å². The van der Waals surface area contributed by atoms with Crippen molar-refractivity contribution >= 4 is 22.6 Å². The van der Waals surface area contributed by atoms with Crippen molar-refractivity contribution in [3.05, 3.63) is 46.0 Å². The average Bonchev–Trinajstić information content (AvgIpc) is 3.23. The number of methoxy groups -OCH3 is 1. The molecule has 4 heterocycles. The molecular weight excluding hydrogens is 372 g/mol. The van der Waals surface area contributed by atoms with Crippen molar-refractivity contribution in [1.29, 1.82) is 0 Å². The number of aryl methyl sites for hydroxylation is 2. The number of rotatable bonds is 5. The van der Waals surface area contributed by atoms with E-state index in [1.54, 1.807) is 24.3 Å². The first-order valence-electron chi connectivity index (χ1n) is 9.75. The Balaban J connectivity index is 1.93. The Bertz CT molecular complexity index is 1140. The van der Waals surface area contributed by atoms with Crippen LogP contribution in [0.3, 0.4) is 0 Å². The van der Waals surface area contributed by atoms with Crippen molar-refractivity contribution < 1.29 is 14.3 Å².